The van der Waals surface area contributed by atoms with Crippen LogP contribution >= 0.6 is 0 Å². The smallest absolute Gasteiger partial charge is 0.0486 e. The minimum atomic E-state index is 0.947. The third kappa shape index (κ3) is 2.28. The van der Waals surface area contributed by atoms with E-state index in [1.807, 2.05) is 0 Å². The number of para-hydroxylation sites is 1. The van der Waals surface area contributed by atoms with Gasteiger partial charge in [0.2, 0.25) is 0 Å². The van der Waals surface area contributed by atoms with Gasteiger partial charge in [-0.1, -0.05) is 55.0 Å². The molecule has 1 heterocycles. The molecule has 2 aromatic carbocycles. The van der Waals surface area contributed by atoms with Gasteiger partial charge in [0, 0.05) is 23.6 Å². The van der Waals surface area contributed by atoms with Crippen molar-refractivity contribution < 1.29 is 0 Å². The van der Waals surface area contributed by atoms with Gasteiger partial charge in [-0.05, 0) is 30.5 Å². The molecule has 0 N–H and O–H groups in total. The third-order valence-electron chi connectivity index (χ3n) is 3.69. The molecular formula is C18H19N. The fourth-order valence-corrected chi connectivity index (χ4v) is 2.74. The molecule has 0 amide bonds. The molecule has 0 saturated heterocycles. The van der Waals surface area contributed by atoms with E-state index in [2.05, 4.69) is 73.1 Å². The predicted molar refractivity (Wildman–Crippen MR) is 81.6 cm³/mol. The van der Waals surface area contributed by atoms with Crippen molar-refractivity contribution in [3.63, 3.8) is 0 Å². The summed E-state index contributed by atoms with van der Waals surface area (Å²) < 4.78 is 2.36. The number of benzene rings is 2. The van der Waals surface area contributed by atoms with E-state index in [0.29, 0.717) is 0 Å². The predicted octanol–water partition coefficient (Wildman–Crippen LogP) is 4.56. The first kappa shape index (κ1) is 12.0. The largest absolute Gasteiger partial charge is 0.343 e. The summed E-state index contributed by atoms with van der Waals surface area (Å²) in [5.41, 5.74) is 5.46. The molecule has 3 aromatic rings. The Balaban J connectivity index is 2.06. The lowest BCUT2D eigenvalue weighted by atomic mass is 10.1. The fourth-order valence-electron chi connectivity index (χ4n) is 2.74. The molecule has 1 nitrogen and oxygen atoms in total. The van der Waals surface area contributed by atoms with Gasteiger partial charge in [0.05, 0.1) is 0 Å². The Kier molecular flexibility index (Phi) is 3.12. The van der Waals surface area contributed by atoms with E-state index >= 15 is 0 Å². The van der Waals surface area contributed by atoms with E-state index in [1.165, 1.54) is 27.6 Å². The van der Waals surface area contributed by atoms with Crippen LogP contribution in [0.1, 0.15) is 23.6 Å². The summed E-state index contributed by atoms with van der Waals surface area (Å²) in [6.07, 6.45) is 3.38. The number of rotatable bonds is 3. The average molecular weight is 249 g/mol. The average Bonchev–Trinajstić information content (AvgIpc) is 2.77. The van der Waals surface area contributed by atoms with Gasteiger partial charge in [0.25, 0.3) is 0 Å². The molecule has 0 aliphatic rings. The van der Waals surface area contributed by atoms with Crippen molar-refractivity contribution in [1.29, 1.82) is 0 Å². The molecule has 3 rings (SSSR count). The van der Waals surface area contributed by atoms with E-state index in [4.69, 9.17) is 0 Å². The highest BCUT2D eigenvalue weighted by Crippen LogP contribution is 2.22. The summed E-state index contributed by atoms with van der Waals surface area (Å²) in [5, 5.41) is 1.39. The van der Waals surface area contributed by atoms with E-state index in [1.54, 1.807) is 0 Å². The zero-order chi connectivity index (χ0) is 13.2. The van der Waals surface area contributed by atoms with Crippen molar-refractivity contribution in [3.05, 3.63) is 71.4 Å². The maximum atomic E-state index is 2.36. The first-order valence-corrected chi connectivity index (χ1v) is 6.90. The number of aromatic nitrogens is 1. The zero-order valence-electron chi connectivity index (χ0n) is 11.6. The summed E-state index contributed by atoms with van der Waals surface area (Å²) in [6, 6.07) is 17.4. The molecular weight excluding hydrogens is 230 g/mol. The summed E-state index contributed by atoms with van der Waals surface area (Å²) in [7, 11) is 0. The van der Waals surface area contributed by atoms with Crippen molar-refractivity contribution >= 4 is 10.9 Å². The maximum Gasteiger partial charge on any atom is 0.0486 e. The highest BCUT2D eigenvalue weighted by molar-refractivity contribution is 5.84. The van der Waals surface area contributed by atoms with E-state index in [-0.39, 0.29) is 0 Å². The topological polar surface area (TPSA) is 4.93 Å². The Morgan fingerprint density at radius 2 is 1.84 bits per heavy atom. The van der Waals surface area contributed by atoms with Crippen LogP contribution in [0.3, 0.4) is 0 Å². The Morgan fingerprint density at radius 1 is 1.00 bits per heavy atom. The lowest BCUT2D eigenvalue weighted by Gasteiger charge is -2.06. The maximum absolute atomic E-state index is 2.36. The monoisotopic (exact) mass is 249 g/mol. The van der Waals surface area contributed by atoms with Crippen LogP contribution in [0.4, 0.5) is 0 Å². The third-order valence-corrected chi connectivity index (χ3v) is 3.69. The van der Waals surface area contributed by atoms with Gasteiger partial charge in [-0.15, -0.1) is 0 Å². The number of nitrogens with zero attached hydrogens (tertiary/aromatic N) is 1. The Morgan fingerprint density at radius 3 is 2.63 bits per heavy atom. The highest BCUT2D eigenvalue weighted by atomic mass is 15.0. The lowest BCUT2D eigenvalue weighted by molar-refractivity contribution is 0.830. The number of fused-ring (bicyclic) bond motifs is 1. The molecule has 0 atom stereocenters. The molecule has 0 fully saturated rings. The molecule has 1 aromatic heterocycles. The minimum Gasteiger partial charge on any atom is -0.343 e. The summed E-state index contributed by atoms with van der Waals surface area (Å²) >= 11 is 0. The normalized spacial score (nSPS) is 11.1. The highest BCUT2D eigenvalue weighted by Gasteiger charge is 2.06. The van der Waals surface area contributed by atoms with Gasteiger partial charge in [-0.2, -0.15) is 0 Å². The SMILES string of the molecule is CCc1cn(Cc2cccc(C)c2)c2ccccc12. The van der Waals surface area contributed by atoms with Gasteiger partial charge in [0.1, 0.15) is 0 Å². The molecule has 0 aliphatic carbocycles. The second kappa shape index (κ2) is 4.93. The second-order valence-corrected chi connectivity index (χ2v) is 5.14. The van der Waals surface area contributed by atoms with Crippen molar-refractivity contribution in [2.24, 2.45) is 0 Å². The molecule has 0 bridgehead atoms. The van der Waals surface area contributed by atoms with Crippen molar-refractivity contribution in [2.45, 2.75) is 26.8 Å². The molecule has 0 unspecified atom stereocenters. The Hall–Kier alpha value is -2.02. The van der Waals surface area contributed by atoms with E-state index in [0.717, 1.165) is 13.0 Å². The van der Waals surface area contributed by atoms with Crippen molar-refractivity contribution in [1.82, 2.24) is 4.57 Å². The molecule has 0 aliphatic heterocycles. The first-order valence-electron chi connectivity index (χ1n) is 6.90. The van der Waals surface area contributed by atoms with Crippen LogP contribution in [0.5, 0.6) is 0 Å². The quantitative estimate of drug-likeness (QED) is 0.641. The molecule has 1 heteroatoms. The van der Waals surface area contributed by atoms with Crippen LogP contribution in [-0.4, -0.2) is 4.57 Å². The molecule has 96 valence electrons. The van der Waals surface area contributed by atoms with Crippen LogP contribution in [-0.2, 0) is 13.0 Å². The number of hydrogen-bond acceptors (Lipinski definition) is 0. The first-order chi connectivity index (χ1) is 9.28. The Labute approximate surface area is 114 Å². The molecule has 19 heavy (non-hydrogen) atoms. The van der Waals surface area contributed by atoms with Crippen LogP contribution in [0.25, 0.3) is 10.9 Å². The standard InChI is InChI=1S/C18H19N/c1-3-16-13-19(18-10-5-4-9-17(16)18)12-15-8-6-7-14(2)11-15/h4-11,13H,3,12H2,1-2H3. The van der Waals surface area contributed by atoms with Crippen LogP contribution in [0.15, 0.2) is 54.7 Å². The van der Waals surface area contributed by atoms with Gasteiger partial charge >= 0.3 is 0 Å². The van der Waals surface area contributed by atoms with Crippen LogP contribution in [0, 0.1) is 6.92 Å². The van der Waals surface area contributed by atoms with E-state index in [9.17, 15) is 0 Å². The number of aryl methyl sites for hydroxylation is 2. The van der Waals surface area contributed by atoms with Crippen LogP contribution < -0.4 is 0 Å². The lowest BCUT2D eigenvalue weighted by Crippen LogP contribution is -1.97. The molecule has 0 radical (unpaired) electrons. The Bertz CT molecular complexity index is 707. The van der Waals surface area contributed by atoms with Gasteiger partial charge in [-0.3, -0.25) is 0 Å². The van der Waals surface area contributed by atoms with Gasteiger partial charge in [-0.25, -0.2) is 0 Å². The minimum absolute atomic E-state index is 0.947. The number of hydrogen-bond donors (Lipinski definition) is 0. The second-order valence-electron chi connectivity index (χ2n) is 5.14. The fraction of sp³-hybridized carbons (Fsp3) is 0.222. The summed E-state index contributed by atoms with van der Waals surface area (Å²) in [6.45, 7) is 5.32. The summed E-state index contributed by atoms with van der Waals surface area (Å²) in [5.74, 6) is 0. The van der Waals surface area contributed by atoms with Gasteiger partial charge < -0.3 is 4.57 Å². The van der Waals surface area contributed by atoms with Crippen molar-refractivity contribution in [2.75, 3.05) is 0 Å². The van der Waals surface area contributed by atoms with Crippen LogP contribution in [0.2, 0.25) is 0 Å². The molecule has 0 spiro atoms. The zero-order valence-corrected chi connectivity index (χ0v) is 11.6. The summed E-state index contributed by atoms with van der Waals surface area (Å²) in [4.78, 5) is 0. The van der Waals surface area contributed by atoms with Crippen molar-refractivity contribution in [3.8, 4) is 0 Å². The molecule has 0 saturated carbocycles. The van der Waals surface area contributed by atoms with E-state index < -0.39 is 0 Å². The van der Waals surface area contributed by atoms with Gasteiger partial charge in [0.15, 0.2) is 0 Å².